The third-order valence-corrected chi connectivity index (χ3v) is 4.40. The average Bonchev–Trinajstić information content (AvgIpc) is 2.88. The maximum atomic E-state index is 5.78. The molecule has 104 valence electrons. The molecule has 1 aromatic heterocycles. The molecule has 1 unspecified atom stereocenters. The third kappa shape index (κ3) is 3.19. The molecule has 1 aliphatic rings. The van der Waals surface area contributed by atoms with Crippen LogP contribution in [0.15, 0.2) is 40.6 Å². The fourth-order valence-electron chi connectivity index (χ4n) is 2.59. The van der Waals surface area contributed by atoms with E-state index in [0.717, 1.165) is 17.1 Å². The number of benzene rings is 1. The molecule has 1 aliphatic carbocycles. The van der Waals surface area contributed by atoms with Crippen molar-refractivity contribution < 1.29 is 0 Å². The summed E-state index contributed by atoms with van der Waals surface area (Å²) in [5, 5.41) is 0.802. The highest BCUT2D eigenvalue weighted by molar-refractivity contribution is 7.99. The molecule has 1 heterocycles. The fourth-order valence-corrected chi connectivity index (χ4v) is 3.35. The van der Waals surface area contributed by atoms with E-state index in [1.807, 2.05) is 19.3 Å². The van der Waals surface area contributed by atoms with Crippen LogP contribution in [0, 0.1) is 0 Å². The van der Waals surface area contributed by atoms with Gasteiger partial charge in [0.25, 0.3) is 0 Å². The SMILES string of the molecule is CC(N)Cc1cnc(Sc2ccc3c(c2)CCC3)nc1. The van der Waals surface area contributed by atoms with Crippen molar-refractivity contribution in [1.82, 2.24) is 9.97 Å². The summed E-state index contributed by atoms with van der Waals surface area (Å²) in [5.74, 6) is 0. The summed E-state index contributed by atoms with van der Waals surface area (Å²) in [5.41, 5.74) is 9.86. The van der Waals surface area contributed by atoms with Crippen LogP contribution >= 0.6 is 11.8 Å². The summed E-state index contributed by atoms with van der Waals surface area (Å²) in [4.78, 5) is 10.1. The van der Waals surface area contributed by atoms with Crippen LogP contribution in [0.1, 0.15) is 30.0 Å². The molecular formula is C16H19N3S. The zero-order chi connectivity index (χ0) is 13.9. The first-order chi connectivity index (χ1) is 9.70. The van der Waals surface area contributed by atoms with Gasteiger partial charge in [-0.2, -0.15) is 0 Å². The van der Waals surface area contributed by atoms with Crippen molar-refractivity contribution in [3.8, 4) is 0 Å². The Balaban J connectivity index is 1.71. The molecule has 0 saturated carbocycles. The fraction of sp³-hybridized carbons (Fsp3) is 0.375. The standard InChI is InChI=1S/C16H19N3S/c1-11(17)7-12-9-18-16(19-10-12)20-15-6-5-13-3-2-4-14(13)8-15/h5-6,8-11H,2-4,7,17H2,1H3. The van der Waals surface area contributed by atoms with Gasteiger partial charge in [0.2, 0.25) is 0 Å². The molecule has 4 heteroatoms. The van der Waals surface area contributed by atoms with Crippen LogP contribution in [-0.2, 0) is 19.3 Å². The van der Waals surface area contributed by atoms with E-state index in [-0.39, 0.29) is 6.04 Å². The second-order valence-corrected chi connectivity index (χ2v) is 6.48. The van der Waals surface area contributed by atoms with Gasteiger partial charge in [0.15, 0.2) is 5.16 Å². The molecule has 0 spiro atoms. The van der Waals surface area contributed by atoms with Gasteiger partial charge in [0.1, 0.15) is 0 Å². The molecule has 2 N–H and O–H groups in total. The summed E-state index contributed by atoms with van der Waals surface area (Å²) >= 11 is 1.63. The quantitative estimate of drug-likeness (QED) is 0.877. The van der Waals surface area contributed by atoms with Crippen molar-refractivity contribution in [2.24, 2.45) is 5.73 Å². The smallest absolute Gasteiger partial charge is 0.192 e. The van der Waals surface area contributed by atoms with Gasteiger partial charge in [-0.3, -0.25) is 0 Å². The largest absolute Gasteiger partial charge is 0.328 e. The molecule has 0 bridgehead atoms. The Hall–Kier alpha value is -1.39. The van der Waals surface area contributed by atoms with Crippen molar-refractivity contribution in [3.05, 3.63) is 47.3 Å². The molecular weight excluding hydrogens is 266 g/mol. The van der Waals surface area contributed by atoms with Gasteiger partial charge in [-0.1, -0.05) is 6.07 Å². The predicted molar refractivity (Wildman–Crippen MR) is 82.0 cm³/mol. The molecule has 0 aliphatic heterocycles. The molecule has 3 nitrogen and oxygen atoms in total. The highest BCUT2D eigenvalue weighted by Gasteiger charge is 2.11. The van der Waals surface area contributed by atoms with Crippen molar-refractivity contribution >= 4 is 11.8 Å². The van der Waals surface area contributed by atoms with E-state index in [1.54, 1.807) is 11.8 Å². The maximum absolute atomic E-state index is 5.78. The Morgan fingerprint density at radius 1 is 1.20 bits per heavy atom. The van der Waals surface area contributed by atoms with Gasteiger partial charge in [-0.05, 0) is 73.2 Å². The highest BCUT2D eigenvalue weighted by atomic mass is 32.2. The van der Waals surface area contributed by atoms with E-state index in [4.69, 9.17) is 5.73 Å². The first kappa shape index (κ1) is 13.6. The number of fused-ring (bicyclic) bond motifs is 1. The zero-order valence-corrected chi connectivity index (χ0v) is 12.5. The maximum Gasteiger partial charge on any atom is 0.192 e. The molecule has 3 rings (SSSR count). The molecule has 0 radical (unpaired) electrons. The van der Waals surface area contributed by atoms with Gasteiger partial charge < -0.3 is 5.73 Å². The molecule has 1 aromatic carbocycles. The first-order valence-corrected chi connectivity index (χ1v) is 7.88. The van der Waals surface area contributed by atoms with Crippen molar-refractivity contribution in [2.75, 3.05) is 0 Å². The van der Waals surface area contributed by atoms with Crippen LogP contribution in [0.4, 0.5) is 0 Å². The number of nitrogens with two attached hydrogens (primary N) is 1. The number of nitrogens with zero attached hydrogens (tertiary/aromatic N) is 2. The number of rotatable bonds is 4. The minimum atomic E-state index is 0.147. The van der Waals surface area contributed by atoms with Gasteiger partial charge >= 0.3 is 0 Å². The third-order valence-electron chi connectivity index (χ3n) is 3.52. The van der Waals surface area contributed by atoms with Gasteiger partial charge in [-0.25, -0.2) is 9.97 Å². The Labute approximate surface area is 124 Å². The second-order valence-electron chi connectivity index (χ2n) is 5.44. The van der Waals surface area contributed by atoms with Gasteiger partial charge in [0, 0.05) is 23.3 Å². The lowest BCUT2D eigenvalue weighted by Gasteiger charge is -2.06. The summed E-state index contributed by atoms with van der Waals surface area (Å²) in [6, 6.07) is 6.85. The van der Waals surface area contributed by atoms with Crippen molar-refractivity contribution in [3.63, 3.8) is 0 Å². The Morgan fingerprint density at radius 3 is 2.70 bits per heavy atom. The summed E-state index contributed by atoms with van der Waals surface area (Å²) in [6.45, 7) is 1.99. The van der Waals surface area contributed by atoms with Gasteiger partial charge in [0.05, 0.1) is 0 Å². The molecule has 0 fully saturated rings. The monoisotopic (exact) mass is 285 g/mol. The van der Waals surface area contributed by atoms with E-state index in [1.165, 1.54) is 35.3 Å². The van der Waals surface area contributed by atoms with Crippen LogP contribution in [0.5, 0.6) is 0 Å². The van der Waals surface area contributed by atoms with Crippen LogP contribution < -0.4 is 5.73 Å². The molecule has 1 atom stereocenters. The van der Waals surface area contributed by atoms with Crippen LogP contribution in [-0.4, -0.2) is 16.0 Å². The van der Waals surface area contributed by atoms with Gasteiger partial charge in [-0.15, -0.1) is 0 Å². The summed E-state index contributed by atoms with van der Waals surface area (Å²) in [6.07, 6.45) is 8.30. The average molecular weight is 285 g/mol. The second kappa shape index (κ2) is 5.94. The lowest BCUT2D eigenvalue weighted by Crippen LogP contribution is -2.17. The number of aromatic nitrogens is 2. The predicted octanol–water partition coefficient (Wildman–Crippen LogP) is 3.01. The van der Waals surface area contributed by atoms with Crippen molar-refractivity contribution in [1.29, 1.82) is 0 Å². The van der Waals surface area contributed by atoms with Crippen molar-refractivity contribution in [2.45, 2.75) is 48.7 Å². The zero-order valence-electron chi connectivity index (χ0n) is 11.7. The molecule has 20 heavy (non-hydrogen) atoms. The minimum absolute atomic E-state index is 0.147. The van der Waals surface area contributed by atoms with E-state index in [9.17, 15) is 0 Å². The number of hydrogen-bond donors (Lipinski definition) is 1. The normalized spacial score (nSPS) is 15.1. The van der Waals surface area contributed by atoms with Crippen LogP contribution in [0.25, 0.3) is 0 Å². The molecule has 0 saturated heterocycles. The molecule has 2 aromatic rings. The van der Waals surface area contributed by atoms with E-state index >= 15 is 0 Å². The number of aryl methyl sites for hydroxylation is 2. The minimum Gasteiger partial charge on any atom is -0.328 e. The Morgan fingerprint density at radius 2 is 1.95 bits per heavy atom. The lowest BCUT2D eigenvalue weighted by atomic mass is 10.1. The van der Waals surface area contributed by atoms with E-state index in [0.29, 0.717) is 0 Å². The van der Waals surface area contributed by atoms with Crippen LogP contribution in [0.2, 0.25) is 0 Å². The number of hydrogen-bond acceptors (Lipinski definition) is 4. The van der Waals surface area contributed by atoms with E-state index in [2.05, 4.69) is 28.2 Å². The Bertz CT molecular complexity index is 593. The highest BCUT2D eigenvalue weighted by Crippen LogP contribution is 2.30. The van der Waals surface area contributed by atoms with Crippen LogP contribution in [0.3, 0.4) is 0 Å². The first-order valence-electron chi connectivity index (χ1n) is 7.07. The lowest BCUT2D eigenvalue weighted by molar-refractivity contribution is 0.727. The Kier molecular flexibility index (Phi) is 4.03. The topological polar surface area (TPSA) is 51.8 Å². The molecule has 0 amide bonds. The van der Waals surface area contributed by atoms with E-state index < -0.39 is 0 Å². The summed E-state index contributed by atoms with van der Waals surface area (Å²) in [7, 11) is 0. The summed E-state index contributed by atoms with van der Waals surface area (Å²) < 4.78 is 0.